The van der Waals surface area contributed by atoms with Crippen LogP contribution in [0.4, 0.5) is 5.69 Å². The van der Waals surface area contributed by atoms with E-state index in [9.17, 15) is 9.59 Å². The fourth-order valence-electron chi connectivity index (χ4n) is 2.25. The molecule has 0 aliphatic carbocycles. The number of carbonyl (C=O) groups is 2. The van der Waals surface area contributed by atoms with Crippen molar-refractivity contribution in [3.8, 4) is 0 Å². The maximum Gasteiger partial charge on any atom is 0.350 e. The molecule has 0 bridgehead atoms. The molecule has 1 aromatic heterocycles. The van der Waals surface area contributed by atoms with Gasteiger partial charge >= 0.3 is 5.97 Å². The topological polar surface area (TPSA) is 55.4 Å². The van der Waals surface area contributed by atoms with E-state index in [0.717, 1.165) is 29.9 Å². The van der Waals surface area contributed by atoms with E-state index in [1.165, 1.54) is 18.4 Å². The Morgan fingerprint density at radius 3 is 2.75 bits per heavy atom. The van der Waals surface area contributed by atoms with Crippen LogP contribution in [-0.4, -0.2) is 30.5 Å². The van der Waals surface area contributed by atoms with Gasteiger partial charge in [0.1, 0.15) is 4.88 Å². The second-order valence-corrected chi connectivity index (χ2v) is 7.03. The molecule has 110 valence electrons. The lowest BCUT2D eigenvalue weighted by atomic mass is 9.98. The van der Waals surface area contributed by atoms with Gasteiger partial charge in [0.2, 0.25) is 5.91 Å². The summed E-state index contributed by atoms with van der Waals surface area (Å²) in [6.07, 6.45) is 2.74. The third-order valence-corrected chi connectivity index (χ3v) is 5.55. The zero-order valence-electron chi connectivity index (χ0n) is 11.7. The van der Waals surface area contributed by atoms with Crippen LogP contribution in [0.2, 0.25) is 0 Å². The molecule has 0 spiro atoms. The summed E-state index contributed by atoms with van der Waals surface area (Å²) in [5, 5.41) is 4.75. The van der Waals surface area contributed by atoms with Gasteiger partial charge in [-0.15, -0.1) is 11.3 Å². The molecule has 1 aliphatic heterocycles. The van der Waals surface area contributed by atoms with Crippen LogP contribution in [0.15, 0.2) is 5.38 Å². The van der Waals surface area contributed by atoms with Crippen LogP contribution in [0.1, 0.15) is 34.5 Å². The number of anilines is 1. The second-order valence-electron chi connectivity index (χ2n) is 4.92. The van der Waals surface area contributed by atoms with E-state index in [1.54, 1.807) is 0 Å². The highest BCUT2D eigenvalue weighted by molar-refractivity contribution is 7.99. The number of hydrogen-bond donors (Lipinski definition) is 1. The Kier molecular flexibility index (Phi) is 5.48. The van der Waals surface area contributed by atoms with Crippen LogP contribution in [0, 0.1) is 12.8 Å². The first kappa shape index (κ1) is 15.4. The van der Waals surface area contributed by atoms with Gasteiger partial charge in [0.05, 0.1) is 12.8 Å². The van der Waals surface area contributed by atoms with Crippen molar-refractivity contribution < 1.29 is 14.3 Å². The maximum absolute atomic E-state index is 12.1. The van der Waals surface area contributed by atoms with E-state index in [4.69, 9.17) is 4.74 Å². The van der Waals surface area contributed by atoms with Gasteiger partial charge in [0.15, 0.2) is 0 Å². The third-order valence-electron chi connectivity index (χ3n) is 3.43. The largest absolute Gasteiger partial charge is 0.465 e. The molecule has 2 rings (SSSR count). The Labute approximate surface area is 127 Å². The molecule has 1 saturated heterocycles. The van der Waals surface area contributed by atoms with Crippen LogP contribution >= 0.6 is 23.1 Å². The second kappa shape index (κ2) is 7.13. The Morgan fingerprint density at radius 1 is 1.40 bits per heavy atom. The van der Waals surface area contributed by atoms with E-state index < -0.39 is 5.97 Å². The molecule has 0 radical (unpaired) electrons. The number of ether oxygens (including phenoxy) is 1. The van der Waals surface area contributed by atoms with Crippen LogP contribution in [0.3, 0.4) is 0 Å². The summed E-state index contributed by atoms with van der Waals surface area (Å²) < 4.78 is 4.74. The summed E-state index contributed by atoms with van der Waals surface area (Å²) in [6, 6.07) is 0. The van der Waals surface area contributed by atoms with E-state index in [1.807, 2.05) is 24.1 Å². The molecule has 0 aromatic carbocycles. The van der Waals surface area contributed by atoms with Gasteiger partial charge in [-0.3, -0.25) is 4.79 Å². The van der Waals surface area contributed by atoms with Crippen molar-refractivity contribution in [3.63, 3.8) is 0 Å². The first-order valence-electron chi connectivity index (χ1n) is 6.65. The number of amides is 1. The molecule has 1 N–H and O–H groups in total. The zero-order valence-corrected chi connectivity index (χ0v) is 13.4. The lowest BCUT2D eigenvalue weighted by Crippen LogP contribution is -2.20. The number of rotatable bonds is 4. The number of carbonyl (C=O) groups excluding carboxylic acids is 2. The third kappa shape index (κ3) is 3.76. The van der Waals surface area contributed by atoms with Gasteiger partial charge in [-0.1, -0.05) is 0 Å². The predicted octanol–water partition coefficient (Wildman–Crippen LogP) is 3.31. The van der Waals surface area contributed by atoms with Crippen molar-refractivity contribution >= 4 is 40.7 Å². The Morgan fingerprint density at radius 2 is 2.10 bits per heavy atom. The summed E-state index contributed by atoms with van der Waals surface area (Å²) in [5.41, 5.74) is 1.51. The highest BCUT2D eigenvalue weighted by Crippen LogP contribution is 2.30. The molecule has 4 nitrogen and oxygen atoms in total. The molecule has 0 saturated carbocycles. The van der Waals surface area contributed by atoms with E-state index in [2.05, 4.69) is 5.32 Å². The molecule has 2 heterocycles. The molecule has 1 fully saturated rings. The number of methoxy groups -OCH3 is 1. The number of aryl methyl sites for hydroxylation is 1. The quantitative estimate of drug-likeness (QED) is 0.866. The van der Waals surface area contributed by atoms with E-state index >= 15 is 0 Å². The fraction of sp³-hybridized carbons (Fsp3) is 0.571. The molecule has 1 aliphatic rings. The molecule has 0 atom stereocenters. The maximum atomic E-state index is 12.1. The van der Waals surface area contributed by atoms with Gasteiger partial charge in [-0.05, 0) is 48.1 Å². The highest BCUT2D eigenvalue weighted by atomic mass is 32.2. The average molecular weight is 313 g/mol. The van der Waals surface area contributed by atoms with Crippen molar-refractivity contribution in [2.45, 2.75) is 26.2 Å². The Balaban J connectivity index is 2.00. The summed E-state index contributed by atoms with van der Waals surface area (Å²) in [4.78, 5) is 24.3. The number of thioether (sulfide) groups is 1. The Bertz CT molecular complexity index is 493. The Hall–Kier alpha value is -1.01. The van der Waals surface area contributed by atoms with Gasteiger partial charge in [0, 0.05) is 6.42 Å². The molecule has 20 heavy (non-hydrogen) atoms. The van der Waals surface area contributed by atoms with Crippen LogP contribution < -0.4 is 5.32 Å². The SMILES string of the molecule is COC(=O)c1scc(C)c1NC(=O)CC1CCSCC1. The van der Waals surface area contributed by atoms with E-state index in [0.29, 0.717) is 22.9 Å². The molecule has 1 amide bonds. The van der Waals surface area contributed by atoms with E-state index in [-0.39, 0.29) is 5.91 Å². The first-order valence-corrected chi connectivity index (χ1v) is 8.69. The minimum Gasteiger partial charge on any atom is -0.465 e. The van der Waals surface area contributed by atoms with Crippen LogP contribution in [0.25, 0.3) is 0 Å². The molecule has 0 unspecified atom stereocenters. The standard InChI is InChI=1S/C14H19NO3S2/c1-9-8-20-13(14(17)18-2)12(9)15-11(16)7-10-3-5-19-6-4-10/h8,10H,3-7H2,1-2H3,(H,15,16). The monoisotopic (exact) mass is 313 g/mol. The highest BCUT2D eigenvalue weighted by Gasteiger charge is 2.21. The van der Waals surface area contributed by atoms with Crippen molar-refractivity contribution in [1.82, 2.24) is 0 Å². The molecular formula is C14H19NO3S2. The summed E-state index contributed by atoms with van der Waals surface area (Å²) in [7, 11) is 1.35. The van der Waals surface area contributed by atoms with Crippen LogP contribution in [0.5, 0.6) is 0 Å². The van der Waals surface area contributed by atoms with Gasteiger partial charge < -0.3 is 10.1 Å². The summed E-state index contributed by atoms with van der Waals surface area (Å²) in [6.45, 7) is 1.88. The molecular weight excluding hydrogens is 294 g/mol. The number of hydrogen-bond acceptors (Lipinski definition) is 5. The summed E-state index contributed by atoms with van der Waals surface area (Å²) >= 11 is 3.26. The predicted molar refractivity (Wildman–Crippen MR) is 83.7 cm³/mol. The lowest BCUT2D eigenvalue weighted by Gasteiger charge is -2.20. The molecule has 1 aromatic rings. The lowest BCUT2D eigenvalue weighted by molar-refractivity contribution is -0.117. The molecule has 6 heteroatoms. The van der Waals surface area contributed by atoms with Gasteiger partial charge in [0.25, 0.3) is 0 Å². The van der Waals surface area contributed by atoms with Crippen LogP contribution in [-0.2, 0) is 9.53 Å². The first-order chi connectivity index (χ1) is 9.61. The van der Waals surface area contributed by atoms with Crippen molar-refractivity contribution in [2.75, 3.05) is 23.9 Å². The zero-order chi connectivity index (χ0) is 14.5. The number of nitrogens with one attached hydrogen (secondary N) is 1. The van der Waals surface area contributed by atoms with Crippen molar-refractivity contribution in [1.29, 1.82) is 0 Å². The number of esters is 1. The number of thiophene rings is 1. The van der Waals surface area contributed by atoms with Crippen molar-refractivity contribution in [2.24, 2.45) is 5.92 Å². The fourth-order valence-corrected chi connectivity index (χ4v) is 4.37. The van der Waals surface area contributed by atoms with Crippen molar-refractivity contribution in [3.05, 3.63) is 15.8 Å². The smallest absolute Gasteiger partial charge is 0.350 e. The van der Waals surface area contributed by atoms with Gasteiger partial charge in [-0.2, -0.15) is 11.8 Å². The van der Waals surface area contributed by atoms with Gasteiger partial charge in [-0.25, -0.2) is 4.79 Å². The normalized spacial score (nSPS) is 15.9. The average Bonchev–Trinajstić information content (AvgIpc) is 2.80. The summed E-state index contributed by atoms with van der Waals surface area (Å²) in [5.74, 6) is 2.35. The minimum absolute atomic E-state index is 0.00597. The minimum atomic E-state index is -0.396.